The Kier molecular flexibility index (Phi) is 9.07. The Morgan fingerprint density at radius 1 is 0.296 bits per heavy atom. The lowest BCUT2D eigenvalue weighted by Gasteiger charge is -2.42. The molecule has 2 aliphatic heterocycles. The third-order valence-corrected chi connectivity index (χ3v) is 16.2. The van der Waals surface area contributed by atoms with Crippen LogP contribution in [0.25, 0.3) is 66.1 Å². The minimum Gasteiger partial charge on any atom is -0.310 e. The predicted molar refractivity (Wildman–Crippen MR) is 300 cm³/mol. The molecule has 0 N–H and O–H groups in total. The maximum absolute atomic E-state index is 2.50. The number of benzene rings is 11. The smallest absolute Gasteiger partial charge is 0.0502 e. The summed E-state index contributed by atoms with van der Waals surface area (Å²) in [4.78, 5) is 4.99. The second-order valence-electron chi connectivity index (χ2n) is 20.8. The first-order valence-corrected chi connectivity index (χ1v) is 25.1. The number of anilines is 6. The number of nitrogens with zero attached hydrogens (tertiary/aromatic N) is 2. The molecule has 0 atom stereocenters. The quantitative estimate of drug-likeness (QED) is 0.159. The van der Waals surface area contributed by atoms with Gasteiger partial charge >= 0.3 is 0 Å². The lowest BCUT2D eigenvalue weighted by Crippen LogP contribution is -2.30. The molecule has 0 radical (unpaired) electrons. The van der Waals surface area contributed by atoms with Crippen molar-refractivity contribution < 1.29 is 0 Å². The van der Waals surface area contributed by atoms with Crippen LogP contribution >= 0.6 is 0 Å². The lowest BCUT2D eigenvalue weighted by molar-refractivity contribution is 0.632. The van der Waals surface area contributed by atoms with Gasteiger partial charge in [0.2, 0.25) is 0 Å². The normalized spacial score (nSPS) is 14.6. The molecule has 0 aromatic heterocycles. The Morgan fingerprint density at radius 3 is 1.38 bits per heavy atom. The molecule has 2 heterocycles. The molecule has 0 unspecified atom stereocenters. The summed E-state index contributed by atoms with van der Waals surface area (Å²) in [5, 5.41) is 4.88. The predicted octanol–water partition coefficient (Wildman–Crippen LogP) is 18.8. The highest BCUT2D eigenvalue weighted by Crippen LogP contribution is 2.56. The maximum Gasteiger partial charge on any atom is 0.0502 e. The van der Waals surface area contributed by atoms with E-state index in [4.69, 9.17) is 0 Å². The summed E-state index contributed by atoms with van der Waals surface area (Å²) in [7, 11) is 0. The van der Waals surface area contributed by atoms with Gasteiger partial charge in [-0.2, -0.15) is 0 Å². The molecule has 0 saturated carbocycles. The molecule has 14 rings (SSSR count). The summed E-state index contributed by atoms with van der Waals surface area (Å²) in [5.41, 5.74) is 25.0. The molecule has 0 saturated heterocycles. The van der Waals surface area contributed by atoms with Crippen molar-refractivity contribution >= 4 is 55.7 Å². The van der Waals surface area contributed by atoms with E-state index in [1.54, 1.807) is 0 Å². The van der Waals surface area contributed by atoms with Gasteiger partial charge < -0.3 is 9.80 Å². The van der Waals surface area contributed by atoms with Gasteiger partial charge in [-0.25, -0.2) is 0 Å². The van der Waals surface area contributed by atoms with Crippen LogP contribution in [0.2, 0.25) is 0 Å². The van der Waals surface area contributed by atoms with Crippen LogP contribution in [0.3, 0.4) is 0 Å². The first-order chi connectivity index (χ1) is 34.8. The highest BCUT2D eigenvalue weighted by atomic mass is 15.2. The zero-order valence-corrected chi connectivity index (χ0v) is 40.5. The lowest BCUT2D eigenvalue weighted by atomic mass is 9.73. The number of hydrogen-bond acceptors (Lipinski definition) is 2. The Morgan fingerprint density at radius 2 is 0.746 bits per heavy atom. The molecule has 0 spiro atoms. The number of rotatable bonds is 5. The van der Waals surface area contributed by atoms with Gasteiger partial charge in [-0.3, -0.25) is 0 Å². The zero-order chi connectivity index (χ0) is 47.6. The summed E-state index contributed by atoms with van der Waals surface area (Å²) in [6.45, 7) is 9.49. The van der Waals surface area contributed by atoms with E-state index in [9.17, 15) is 0 Å². The van der Waals surface area contributed by atoms with E-state index in [1.807, 2.05) is 0 Å². The van der Waals surface area contributed by atoms with E-state index >= 15 is 0 Å². The van der Waals surface area contributed by atoms with Crippen molar-refractivity contribution in [3.05, 3.63) is 264 Å². The van der Waals surface area contributed by atoms with E-state index in [0.29, 0.717) is 0 Å². The van der Waals surface area contributed by atoms with E-state index in [2.05, 4.69) is 268 Å². The van der Waals surface area contributed by atoms with Crippen LogP contribution in [0.15, 0.2) is 231 Å². The highest BCUT2D eigenvalue weighted by Gasteiger charge is 2.38. The first-order valence-electron chi connectivity index (χ1n) is 25.1. The average Bonchev–Trinajstić information content (AvgIpc) is 3.64. The standard InChI is InChI=1S/C69H52N2/c1-68(2)58-27-13-12-25-51(58)52-37-34-45(41-61(52)68)50-24-10-11-26-53(50)67-55-39-36-49(71-64-32-18-14-28-59(64)69(3,4)60-29-15-19-33-65(60)71)42-56(55)66(44-20-6-5-7-21-44)54-38-35-48(43-57(54)67)70-62-30-16-8-22-46(62)40-47-23-9-17-31-63(47)70/h5-39,41-43H,40H2,1-4H3. The van der Waals surface area contributed by atoms with Gasteiger partial charge in [0.05, 0.1) is 11.4 Å². The fraction of sp³-hybridized carbons (Fsp3) is 0.101. The molecule has 0 amide bonds. The summed E-state index contributed by atoms with van der Waals surface area (Å²) >= 11 is 0. The molecule has 2 heteroatoms. The topological polar surface area (TPSA) is 6.48 Å². The minimum absolute atomic E-state index is 0.124. The Bertz CT molecular complexity index is 3890. The zero-order valence-electron chi connectivity index (χ0n) is 40.5. The van der Waals surface area contributed by atoms with Crippen LogP contribution in [0.1, 0.15) is 61.1 Å². The van der Waals surface area contributed by atoms with Gasteiger partial charge in [0.15, 0.2) is 0 Å². The van der Waals surface area contributed by atoms with Crippen molar-refractivity contribution in [2.24, 2.45) is 0 Å². The number of fused-ring (bicyclic) bond motifs is 9. The molecule has 0 bridgehead atoms. The van der Waals surface area contributed by atoms with Gasteiger partial charge in [-0.1, -0.05) is 204 Å². The van der Waals surface area contributed by atoms with Crippen molar-refractivity contribution in [1.82, 2.24) is 0 Å². The van der Waals surface area contributed by atoms with Crippen LogP contribution < -0.4 is 9.80 Å². The van der Waals surface area contributed by atoms with Gasteiger partial charge in [0, 0.05) is 40.0 Å². The van der Waals surface area contributed by atoms with Crippen molar-refractivity contribution in [2.75, 3.05) is 9.80 Å². The van der Waals surface area contributed by atoms with E-state index in [1.165, 1.54) is 122 Å². The fourth-order valence-corrected chi connectivity index (χ4v) is 12.8. The van der Waals surface area contributed by atoms with Crippen LogP contribution in [-0.2, 0) is 17.3 Å². The van der Waals surface area contributed by atoms with Crippen LogP contribution in [0.5, 0.6) is 0 Å². The highest BCUT2D eigenvalue weighted by molar-refractivity contribution is 6.24. The summed E-state index contributed by atoms with van der Waals surface area (Å²) in [5.74, 6) is 0. The van der Waals surface area contributed by atoms with Gasteiger partial charge in [-0.15, -0.1) is 0 Å². The van der Waals surface area contributed by atoms with Gasteiger partial charge in [0.25, 0.3) is 0 Å². The second kappa shape index (κ2) is 15.5. The number of hydrogen-bond donors (Lipinski definition) is 0. The monoisotopic (exact) mass is 908 g/mol. The van der Waals surface area contributed by atoms with E-state index in [-0.39, 0.29) is 10.8 Å². The molecule has 11 aromatic carbocycles. The van der Waals surface area contributed by atoms with Crippen LogP contribution in [0.4, 0.5) is 34.1 Å². The largest absolute Gasteiger partial charge is 0.310 e. The second-order valence-corrected chi connectivity index (χ2v) is 20.8. The van der Waals surface area contributed by atoms with Crippen molar-refractivity contribution in [1.29, 1.82) is 0 Å². The van der Waals surface area contributed by atoms with E-state index in [0.717, 1.165) is 17.8 Å². The average molecular weight is 909 g/mol. The van der Waals surface area contributed by atoms with Crippen molar-refractivity contribution in [3.8, 4) is 44.5 Å². The third-order valence-electron chi connectivity index (χ3n) is 16.2. The molecule has 0 fully saturated rings. The molecule has 2 nitrogen and oxygen atoms in total. The first kappa shape index (κ1) is 41.5. The maximum atomic E-state index is 2.50. The molecule has 338 valence electrons. The number of para-hydroxylation sites is 4. The summed E-state index contributed by atoms with van der Waals surface area (Å²) in [6, 6.07) is 86.7. The van der Waals surface area contributed by atoms with Gasteiger partial charge in [-0.05, 0) is 154 Å². The van der Waals surface area contributed by atoms with Crippen LogP contribution in [0, 0.1) is 0 Å². The molecular formula is C69H52N2. The summed E-state index contributed by atoms with van der Waals surface area (Å²) in [6.07, 6.45) is 0.909. The minimum atomic E-state index is -0.161. The summed E-state index contributed by atoms with van der Waals surface area (Å²) < 4.78 is 0. The fourth-order valence-electron chi connectivity index (χ4n) is 12.8. The van der Waals surface area contributed by atoms with Crippen LogP contribution in [-0.4, -0.2) is 0 Å². The Labute approximate surface area is 416 Å². The molecular weight excluding hydrogens is 857 g/mol. The molecule has 3 aliphatic rings. The Hall–Kier alpha value is -8.46. The van der Waals surface area contributed by atoms with Crippen molar-refractivity contribution in [2.45, 2.75) is 44.9 Å². The molecule has 11 aromatic rings. The van der Waals surface area contributed by atoms with Gasteiger partial charge in [0.1, 0.15) is 0 Å². The molecule has 1 aliphatic carbocycles. The molecule has 71 heavy (non-hydrogen) atoms. The van der Waals surface area contributed by atoms with E-state index < -0.39 is 0 Å². The third kappa shape index (κ3) is 6.14. The SMILES string of the molecule is CC1(C)c2ccccc2-c2ccc(-c3ccccc3-c3c4ccc(N5c6ccccc6C(C)(C)c6ccccc65)cc4c(-c4ccccc4)c4ccc(N5c6ccccc6Cc6ccccc65)cc34)cc21. The van der Waals surface area contributed by atoms with Crippen molar-refractivity contribution in [3.63, 3.8) is 0 Å². The Balaban J connectivity index is 1.08.